The summed E-state index contributed by atoms with van der Waals surface area (Å²) in [6, 6.07) is 1.83. The summed E-state index contributed by atoms with van der Waals surface area (Å²) in [5.41, 5.74) is 0. The van der Waals surface area contributed by atoms with Crippen LogP contribution in [0.1, 0.15) is 6.92 Å². The summed E-state index contributed by atoms with van der Waals surface area (Å²) in [7, 11) is 0. The Balaban J connectivity index is 2.77. The Kier molecular flexibility index (Phi) is 4.87. The Morgan fingerprint density at radius 3 is 2.92 bits per heavy atom. The first-order chi connectivity index (χ1) is 6.13. The standard InChI is InChI=1S/C8H8BrCl2NS/c1-5(3-10)13-8-7(9)2-6(11)4-12-8/h2,4-5H,3H2,1H3. The van der Waals surface area contributed by atoms with E-state index in [4.69, 9.17) is 23.2 Å². The van der Waals surface area contributed by atoms with Crippen LogP contribution in [-0.2, 0) is 0 Å². The van der Waals surface area contributed by atoms with Crippen LogP contribution in [0.3, 0.4) is 0 Å². The van der Waals surface area contributed by atoms with Gasteiger partial charge in [-0.15, -0.1) is 23.4 Å². The number of rotatable bonds is 3. The van der Waals surface area contributed by atoms with Gasteiger partial charge in [-0.2, -0.15) is 0 Å². The van der Waals surface area contributed by atoms with E-state index in [9.17, 15) is 0 Å². The lowest BCUT2D eigenvalue weighted by molar-refractivity contribution is 1.06. The Bertz CT molecular complexity index is 295. The van der Waals surface area contributed by atoms with Gasteiger partial charge in [-0.05, 0) is 22.0 Å². The van der Waals surface area contributed by atoms with Gasteiger partial charge in [0, 0.05) is 17.3 Å². The van der Waals surface area contributed by atoms with E-state index in [-0.39, 0.29) is 0 Å². The molecule has 5 heteroatoms. The largest absolute Gasteiger partial charge is 0.247 e. The van der Waals surface area contributed by atoms with Crippen molar-refractivity contribution in [3.05, 3.63) is 21.8 Å². The van der Waals surface area contributed by atoms with Crippen molar-refractivity contribution in [2.75, 3.05) is 5.88 Å². The van der Waals surface area contributed by atoms with E-state index in [1.54, 1.807) is 18.0 Å². The molecule has 1 heterocycles. The van der Waals surface area contributed by atoms with Crippen LogP contribution in [0.25, 0.3) is 0 Å². The van der Waals surface area contributed by atoms with Crippen LogP contribution in [0.2, 0.25) is 5.02 Å². The van der Waals surface area contributed by atoms with E-state index in [2.05, 4.69) is 27.8 Å². The highest BCUT2D eigenvalue weighted by Crippen LogP contribution is 2.30. The van der Waals surface area contributed by atoms with Crippen molar-refractivity contribution in [2.45, 2.75) is 17.2 Å². The number of hydrogen-bond acceptors (Lipinski definition) is 2. The van der Waals surface area contributed by atoms with E-state index in [0.717, 1.165) is 9.50 Å². The maximum Gasteiger partial charge on any atom is 0.111 e. The van der Waals surface area contributed by atoms with Gasteiger partial charge in [0.2, 0.25) is 0 Å². The smallest absolute Gasteiger partial charge is 0.111 e. The molecule has 1 unspecified atom stereocenters. The maximum absolute atomic E-state index is 5.76. The molecule has 13 heavy (non-hydrogen) atoms. The van der Waals surface area contributed by atoms with Crippen molar-refractivity contribution < 1.29 is 0 Å². The molecule has 0 fully saturated rings. The van der Waals surface area contributed by atoms with E-state index in [1.165, 1.54) is 0 Å². The van der Waals surface area contributed by atoms with Gasteiger partial charge in [-0.3, -0.25) is 0 Å². The third-order valence-corrected chi connectivity index (χ3v) is 4.14. The number of halogens is 3. The molecule has 0 aromatic carbocycles. The molecule has 0 aliphatic heterocycles. The summed E-state index contributed by atoms with van der Waals surface area (Å²) in [4.78, 5) is 4.19. The molecule has 72 valence electrons. The van der Waals surface area contributed by atoms with Crippen molar-refractivity contribution in [1.82, 2.24) is 4.98 Å². The normalized spacial score (nSPS) is 12.9. The second-order valence-corrected chi connectivity index (χ2v) is 5.55. The number of aromatic nitrogens is 1. The number of hydrogen-bond donors (Lipinski definition) is 0. The molecule has 0 saturated heterocycles. The molecule has 0 aliphatic carbocycles. The summed E-state index contributed by atoms with van der Waals surface area (Å²) in [6.07, 6.45) is 1.63. The van der Waals surface area contributed by atoms with Crippen LogP contribution >= 0.6 is 50.9 Å². The van der Waals surface area contributed by atoms with Gasteiger partial charge in [0.25, 0.3) is 0 Å². The van der Waals surface area contributed by atoms with Crippen LogP contribution in [0.4, 0.5) is 0 Å². The molecule has 0 aliphatic rings. The van der Waals surface area contributed by atoms with E-state index in [1.807, 2.05) is 6.07 Å². The molecular weight excluding hydrogens is 293 g/mol. The minimum absolute atomic E-state index is 0.353. The number of nitrogens with zero attached hydrogens (tertiary/aromatic N) is 1. The Hall–Kier alpha value is 0.560. The molecule has 1 aromatic heterocycles. The highest BCUT2D eigenvalue weighted by Gasteiger charge is 2.07. The third kappa shape index (κ3) is 3.66. The molecule has 0 radical (unpaired) electrons. The summed E-state index contributed by atoms with van der Waals surface area (Å²) in [5.74, 6) is 0.613. The number of alkyl halides is 1. The van der Waals surface area contributed by atoms with Gasteiger partial charge in [0.05, 0.1) is 9.50 Å². The predicted molar refractivity (Wildman–Crippen MR) is 63.0 cm³/mol. The molecule has 1 nitrogen and oxygen atoms in total. The predicted octanol–water partition coefficient (Wildman–Crippen LogP) is 4.22. The number of pyridine rings is 1. The van der Waals surface area contributed by atoms with E-state index < -0.39 is 0 Å². The van der Waals surface area contributed by atoms with Crippen LogP contribution in [0, 0.1) is 0 Å². The van der Waals surface area contributed by atoms with Crippen LogP contribution in [0.5, 0.6) is 0 Å². The second kappa shape index (κ2) is 5.44. The number of thioether (sulfide) groups is 1. The minimum Gasteiger partial charge on any atom is -0.247 e. The minimum atomic E-state index is 0.353. The fourth-order valence-corrected chi connectivity index (χ4v) is 2.55. The van der Waals surface area contributed by atoms with Crippen LogP contribution < -0.4 is 0 Å². The average molecular weight is 301 g/mol. The van der Waals surface area contributed by atoms with Gasteiger partial charge in [0.1, 0.15) is 5.03 Å². The lowest BCUT2D eigenvalue weighted by atomic mass is 10.5. The molecule has 0 bridgehead atoms. The quantitative estimate of drug-likeness (QED) is 0.612. The van der Waals surface area contributed by atoms with Crippen LogP contribution in [0.15, 0.2) is 21.8 Å². The zero-order chi connectivity index (χ0) is 9.84. The van der Waals surface area contributed by atoms with Crippen molar-refractivity contribution in [1.29, 1.82) is 0 Å². The third-order valence-electron chi connectivity index (χ3n) is 1.30. The Labute approximate surface area is 100 Å². The van der Waals surface area contributed by atoms with Gasteiger partial charge in [-0.25, -0.2) is 4.98 Å². The summed E-state index contributed by atoms with van der Waals surface area (Å²) >= 11 is 16.5. The van der Waals surface area contributed by atoms with E-state index in [0.29, 0.717) is 16.2 Å². The van der Waals surface area contributed by atoms with Crippen molar-refractivity contribution in [3.63, 3.8) is 0 Å². The van der Waals surface area contributed by atoms with Crippen LogP contribution in [-0.4, -0.2) is 16.1 Å². The maximum atomic E-state index is 5.76. The molecule has 0 spiro atoms. The Morgan fingerprint density at radius 2 is 2.38 bits per heavy atom. The molecule has 1 rings (SSSR count). The molecule has 0 saturated carbocycles. The van der Waals surface area contributed by atoms with Gasteiger partial charge < -0.3 is 0 Å². The van der Waals surface area contributed by atoms with Crippen molar-refractivity contribution in [3.8, 4) is 0 Å². The topological polar surface area (TPSA) is 12.9 Å². The summed E-state index contributed by atoms with van der Waals surface area (Å²) in [5, 5.41) is 1.92. The molecule has 1 atom stereocenters. The monoisotopic (exact) mass is 299 g/mol. The fourth-order valence-electron chi connectivity index (χ4n) is 0.711. The van der Waals surface area contributed by atoms with Gasteiger partial charge >= 0.3 is 0 Å². The second-order valence-electron chi connectivity index (χ2n) is 2.52. The first kappa shape index (κ1) is 11.6. The van der Waals surface area contributed by atoms with Gasteiger partial charge in [0.15, 0.2) is 0 Å². The lowest BCUT2D eigenvalue weighted by Crippen LogP contribution is -1.97. The zero-order valence-electron chi connectivity index (χ0n) is 6.93. The fraction of sp³-hybridized carbons (Fsp3) is 0.375. The van der Waals surface area contributed by atoms with Crippen molar-refractivity contribution in [2.24, 2.45) is 0 Å². The zero-order valence-corrected chi connectivity index (χ0v) is 10.8. The first-order valence-electron chi connectivity index (χ1n) is 3.67. The Morgan fingerprint density at radius 1 is 1.69 bits per heavy atom. The lowest BCUT2D eigenvalue weighted by Gasteiger charge is -2.07. The molecule has 0 amide bonds. The molecular formula is C8H8BrCl2NS. The molecule has 0 N–H and O–H groups in total. The SMILES string of the molecule is CC(CCl)Sc1ncc(Cl)cc1Br. The average Bonchev–Trinajstić information content (AvgIpc) is 2.09. The molecule has 1 aromatic rings. The van der Waals surface area contributed by atoms with Gasteiger partial charge in [-0.1, -0.05) is 18.5 Å². The summed E-state index contributed by atoms with van der Waals surface area (Å²) < 4.78 is 0.918. The first-order valence-corrected chi connectivity index (χ1v) is 6.25. The summed E-state index contributed by atoms with van der Waals surface area (Å²) in [6.45, 7) is 2.06. The van der Waals surface area contributed by atoms with E-state index >= 15 is 0 Å². The highest BCUT2D eigenvalue weighted by molar-refractivity contribution is 9.10. The van der Waals surface area contributed by atoms with Crippen molar-refractivity contribution >= 4 is 50.9 Å². The highest BCUT2D eigenvalue weighted by atomic mass is 79.9.